The van der Waals surface area contributed by atoms with Gasteiger partial charge in [-0.3, -0.25) is 13.9 Å². The quantitative estimate of drug-likeness (QED) is 0.315. The molecule has 0 aromatic heterocycles. The molecule has 0 radical (unpaired) electrons. The van der Waals surface area contributed by atoms with Crippen molar-refractivity contribution in [1.29, 1.82) is 0 Å². The first kappa shape index (κ1) is 30.2. The molecule has 0 unspecified atom stereocenters. The van der Waals surface area contributed by atoms with Crippen LogP contribution in [-0.2, 0) is 26.2 Å². The van der Waals surface area contributed by atoms with Crippen molar-refractivity contribution in [3.05, 3.63) is 95.0 Å². The predicted octanol–water partition coefficient (Wildman–Crippen LogP) is 5.42. The largest absolute Gasteiger partial charge is 0.354 e. The van der Waals surface area contributed by atoms with Gasteiger partial charge < -0.3 is 10.2 Å². The van der Waals surface area contributed by atoms with Crippen LogP contribution in [0.15, 0.2) is 83.8 Å². The molecule has 3 aromatic rings. The van der Waals surface area contributed by atoms with Gasteiger partial charge in [0.05, 0.1) is 10.6 Å². The zero-order valence-electron chi connectivity index (χ0n) is 22.8. The van der Waals surface area contributed by atoms with Gasteiger partial charge in [0.1, 0.15) is 12.6 Å². The van der Waals surface area contributed by atoms with Gasteiger partial charge in [-0.25, -0.2) is 8.42 Å². The van der Waals surface area contributed by atoms with E-state index in [2.05, 4.69) is 5.32 Å². The van der Waals surface area contributed by atoms with Crippen molar-refractivity contribution in [2.75, 3.05) is 17.4 Å². The van der Waals surface area contributed by atoms with E-state index in [1.54, 1.807) is 66.7 Å². The predicted molar refractivity (Wildman–Crippen MR) is 156 cm³/mol. The van der Waals surface area contributed by atoms with E-state index >= 15 is 0 Å². The third-order valence-corrected chi connectivity index (χ3v) is 8.31. The van der Waals surface area contributed by atoms with Gasteiger partial charge in [0.25, 0.3) is 10.0 Å². The van der Waals surface area contributed by atoms with Crippen LogP contribution in [0, 0.1) is 12.8 Å². The Morgan fingerprint density at radius 1 is 0.923 bits per heavy atom. The maximum absolute atomic E-state index is 14.0. The maximum Gasteiger partial charge on any atom is 0.264 e. The topological polar surface area (TPSA) is 86.8 Å². The van der Waals surface area contributed by atoms with Crippen LogP contribution >= 0.6 is 11.6 Å². The van der Waals surface area contributed by atoms with Crippen molar-refractivity contribution in [3.8, 4) is 0 Å². The third-order valence-electron chi connectivity index (χ3n) is 6.27. The molecule has 7 nitrogen and oxygen atoms in total. The summed E-state index contributed by atoms with van der Waals surface area (Å²) in [4.78, 5) is 28.8. The summed E-state index contributed by atoms with van der Waals surface area (Å²) >= 11 is 6.06. The highest BCUT2D eigenvalue weighted by atomic mass is 35.5. The fourth-order valence-electron chi connectivity index (χ4n) is 4.09. The molecule has 9 heteroatoms. The number of benzene rings is 3. The average molecular weight is 570 g/mol. The fraction of sp³-hybridized carbons (Fsp3) is 0.333. The van der Waals surface area contributed by atoms with Crippen molar-refractivity contribution in [2.45, 2.75) is 51.6 Å². The maximum atomic E-state index is 14.0. The highest BCUT2D eigenvalue weighted by Crippen LogP contribution is 2.25. The standard InChI is InChI=1S/C30H36ClN3O4S/c1-5-28(30(36)32-19-22(2)3)33(20-24-13-15-25(31)16-14-24)29(35)21-34(26-17-11-23(4)12-18-26)39(37,38)27-9-7-6-8-10-27/h6-18,22,28H,5,19-21H2,1-4H3,(H,32,36)/t28-/m1/s1. The summed E-state index contributed by atoms with van der Waals surface area (Å²) in [6, 6.07) is 21.2. The van der Waals surface area contributed by atoms with E-state index in [1.807, 2.05) is 27.7 Å². The third kappa shape index (κ3) is 8.07. The number of anilines is 1. The molecule has 3 aromatic carbocycles. The lowest BCUT2D eigenvalue weighted by Gasteiger charge is -2.33. The Labute approximate surface area is 236 Å². The Kier molecular flexibility index (Phi) is 10.5. The number of nitrogens with one attached hydrogen (secondary N) is 1. The Balaban J connectivity index is 2.02. The van der Waals surface area contributed by atoms with Gasteiger partial charge >= 0.3 is 0 Å². The van der Waals surface area contributed by atoms with E-state index < -0.39 is 28.5 Å². The van der Waals surface area contributed by atoms with Crippen LogP contribution in [0.4, 0.5) is 5.69 Å². The van der Waals surface area contributed by atoms with E-state index in [4.69, 9.17) is 11.6 Å². The normalized spacial score (nSPS) is 12.2. The van der Waals surface area contributed by atoms with Gasteiger partial charge in [0.15, 0.2) is 0 Å². The van der Waals surface area contributed by atoms with Crippen LogP contribution in [0.25, 0.3) is 0 Å². The second kappa shape index (κ2) is 13.6. The molecule has 0 saturated carbocycles. The SMILES string of the molecule is CC[C@H](C(=O)NCC(C)C)N(Cc1ccc(Cl)cc1)C(=O)CN(c1ccc(C)cc1)S(=O)(=O)c1ccccc1. The van der Waals surface area contributed by atoms with Gasteiger partial charge in [-0.1, -0.05) is 80.4 Å². The number of amides is 2. The van der Waals surface area contributed by atoms with Gasteiger partial charge in [0, 0.05) is 18.1 Å². The lowest BCUT2D eigenvalue weighted by atomic mass is 10.1. The Hall–Kier alpha value is -3.36. The van der Waals surface area contributed by atoms with Crippen molar-refractivity contribution in [2.24, 2.45) is 5.92 Å². The zero-order valence-corrected chi connectivity index (χ0v) is 24.4. The monoisotopic (exact) mass is 569 g/mol. The molecule has 3 rings (SSSR count). The first-order valence-electron chi connectivity index (χ1n) is 13.0. The molecule has 39 heavy (non-hydrogen) atoms. The molecule has 0 heterocycles. The summed E-state index contributed by atoms with van der Waals surface area (Å²) < 4.78 is 28.7. The Morgan fingerprint density at radius 3 is 2.10 bits per heavy atom. The summed E-state index contributed by atoms with van der Waals surface area (Å²) in [5.41, 5.74) is 2.09. The van der Waals surface area contributed by atoms with Crippen LogP contribution in [0.5, 0.6) is 0 Å². The van der Waals surface area contributed by atoms with Gasteiger partial charge in [0.2, 0.25) is 11.8 Å². The minimum Gasteiger partial charge on any atom is -0.354 e. The summed E-state index contributed by atoms with van der Waals surface area (Å²) in [6.45, 7) is 7.84. The van der Waals surface area contributed by atoms with Crippen LogP contribution in [-0.4, -0.2) is 44.3 Å². The fourth-order valence-corrected chi connectivity index (χ4v) is 5.65. The number of halogens is 1. The van der Waals surface area contributed by atoms with E-state index in [9.17, 15) is 18.0 Å². The second-order valence-corrected chi connectivity index (χ2v) is 12.2. The Bertz CT molecular complexity index is 1350. The number of nitrogens with zero attached hydrogens (tertiary/aromatic N) is 2. The molecular weight excluding hydrogens is 534 g/mol. The number of sulfonamides is 1. The number of carbonyl (C=O) groups is 2. The molecule has 1 atom stereocenters. The summed E-state index contributed by atoms with van der Waals surface area (Å²) in [7, 11) is -4.08. The van der Waals surface area contributed by atoms with Crippen molar-refractivity contribution >= 4 is 39.1 Å². The highest BCUT2D eigenvalue weighted by Gasteiger charge is 2.33. The van der Waals surface area contributed by atoms with Crippen LogP contribution < -0.4 is 9.62 Å². The van der Waals surface area contributed by atoms with Crippen LogP contribution in [0.1, 0.15) is 38.3 Å². The molecule has 0 aliphatic rings. The van der Waals surface area contributed by atoms with Gasteiger partial charge in [-0.15, -0.1) is 0 Å². The van der Waals surface area contributed by atoms with Crippen LogP contribution in [0.2, 0.25) is 5.02 Å². The molecule has 0 aliphatic heterocycles. The smallest absolute Gasteiger partial charge is 0.264 e. The van der Waals surface area contributed by atoms with E-state index in [0.717, 1.165) is 15.4 Å². The molecule has 2 amide bonds. The highest BCUT2D eigenvalue weighted by molar-refractivity contribution is 7.92. The number of aryl methyl sites for hydroxylation is 1. The first-order chi connectivity index (χ1) is 18.5. The summed E-state index contributed by atoms with van der Waals surface area (Å²) in [6.07, 6.45) is 0.360. The molecular formula is C30H36ClN3O4S. The van der Waals surface area contributed by atoms with Gasteiger partial charge in [-0.05, 0) is 61.2 Å². The van der Waals surface area contributed by atoms with Crippen LogP contribution in [0.3, 0.4) is 0 Å². The van der Waals surface area contributed by atoms with Crippen molar-refractivity contribution < 1.29 is 18.0 Å². The zero-order chi connectivity index (χ0) is 28.6. The Morgan fingerprint density at radius 2 is 1.54 bits per heavy atom. The molecule has 0 aliphatic carbocycles. The minimum absolute atomic E-state index is 0.0735. The number of hydrogen-bond donors (Lipinski definition) is 1. The number of carbonyl (C=O) groups excluding carboxylic acids is 2. The molecule has 1 N–H and O–H groups in total. The van der Waals surface area contributed by atoms with Crippen molar-refractivity contribution in [3.63, 3.8) is 0 Å². The lowest BCUT2D eigenvalue weighted by molar-refractivity contribution is -0.140. The molecule has 0 saturated heterocycles. The van der Waals surface area contributed by atoms with E-state index in [1.165, 1.54) is 17.0 Å². The van der Waals surface area contributed by atoms with Gasteiger partial charge in [-0.2, -0.15) is 0 Å². The minimum atomic E-state index is -4.08. The lowest BCUT2D eigenvalue weighted by Crippen LogP contribution is -2.52. The number of rotatable bonds is 12. The second-order valence-electron chi connectivity index (χ2n) is 9.87. The summed E-state index contributed by atoms with van der Waals surface area (Å²) in [5.74, 6) is -0.530. The number of hydrogen-bond acceptors (Lipinski definition) is 4. The molecule has 208 valence electrons. The van der Waals surface area contributed by atoms with E-state index in [0.29, 0.717) is 23.7 Å². The molecule has 0 spiro atoms. The molecule has 0 bridgehead atoms. The van der Waals surface area contributed by atoms with E-state index in [-0.39, 0.29) is 23.3 Å². The molecule has 0 fully saturated rings. The summed E-state index contributed by atoms with van der Waals surface area (Å²) in [5, 5.41) is 3.48. The first-order valence-corrected chi connectivity index (χ1v) is 14.8. The van der Waals surface area contributed by atoms with Crippen molar-refractivity contribution in [1.82, 2.24) is 10.2 Å². The average Bonchev–Trinajstić information content (AvgIpc) is 2.92.